The second kappa shape index (κ2) is 15.3. The Kier molecular flexibility index (Phi) is 10.2. The lowest BCUT2D eigenvalue weighted by atomic mass is 9.99. The molecule has 2 atom stereocenters. The molecule has 2 N–H and O–H groups in total. The number of thiophene rings is 1. The number of nitrogens with one attached hydrogen (secondary N) is 2. The zero-order chi connectivity index (χ0) is 40.1. The molecular formula is C39H38ClN9O7S. The number of carbonyl (C=O) groups is 6. The van der Waals surface area contributed by atoms with Gasteiger partial charge in [0, 0.05) is 60.0 Å². The number of halogens is 1. The van der Waals surface area contributed by atoms with Gasteiger partial charge in [0.05, 0.1) is 16.8 Å². The van der Waals surface area contributed by atoms with Crippen LogP contribution in [0.2, 0.25) is 5.02 Å². The van der Waals surface area contributed by atoms with Gasteiger partial charge in [0.15, 0.2) is 12.4 Å². The van der Waals surface area contributed by atoms with Gasteiger partial charge in [0.2, 0.25) is 17.7 Å². The third-order valence-electron chi connectivity index (χ3n) is 10.7. The van der Waals surface area contributed by atoms with Gasteiger partial charge in [-0.3, -0.25) is 54.0 Å². The molecule has 2 aromatic heterocycles. The standard InChI is InChI=1S/C39H38ClN9O7S/c1-20-21(2)57-39-32(20)34(23-7-9-24(40)10-8-23)41-26(35-44-43-22(3)48(35)39)11-14-31(52)46-15-17-47(18-16-46)45-30(51)19-56-28-6-4-5-25-33(28)38(55)49(37(25)54)27-12-13-29(50)42-36(27)53/h4-10,26-27H,11-19H2,1-3H3,(H,45,51)(H,42,50,53)/t26-,27?/m0/s1. The highest BCUT2D eigenvalue weighted by molar-refractivity contribution is 7.15. The molecule has 4 aliphatic rings. The van der Waals surface area contributed by atoms with E-state index >= 15 is 0 Å². The first-order valence-corrected chi connectivity index (χ1v) is 19.7. The van der Waals surface area contributed by atoms with Crippen molar-refractivity contribution in [2.24, 2.45) is 4.99 Å². The number of amides is 6. The molecule has 294 valence electrons. The Hall–Kier alpha value is -5.78. The van der Waals surface area contributed by atoms with Crippen LogP contribution in [0.4, 0.5) is 0 Å². The van der Waals surface area contributed by atoms with Crippen LogP contribution in [-0.2, 0) is 19.2 Å². The van der Waals surface area contributed by atoms with Crippen molar-refractivity contribution < 1.29 is 33.5 Å². The topological polar surface area (TPSA) is 188 Å². The molecule has 0 aliphatic carbocycles. The summed E-state index contributed by atoms with van der Waals surface area (Å²) in [5.74, 6) is -1.66. The van der Waals surface area contributed by atoms with Crippen molar-refractivity contribution in [1.29, 1.82) is 0 Å². The minimum absolute atomic E-state index is 0.00113. The fourth-order valence-electron chi connectivity index (χ4n) is 7.63. The van der Waals surface area contributed by atoms with Crippen molar-refractivity contribution >= 4 is 64.1 Å². The number of aromatic nitrogens is 3. The molecule has 2 saturated heterocycles. The number of benzene rings is 2. The van der Waals surface area contributed by atoms with E-state index in [0.29, 0.717) is 43.4 Å². The molecule has 6 amide bonds. The van der Waals surface area contributed by atoms with E-state index in [0.717, 1.165) is 38.1 Å². The lowest BCUT2D eigenvalue weighted by Crippen LogP contribution is -2.55. The Morgan fingerprint density at radius 1 is 0.965 bits per heavy atom. The molecule has 2 fully saturated rings. The van der Waals surface area contributed by atoms with Gasteiger partial charge in [-0.1, -0.05) is 29.8 Å². The molecule has 2 aromatic carbocycles. The second-order valence-corrected chi connectivity index (χ2v) is 15.9. The van der Waals surface area contributed by atoms with Gasteiger partial charge in [-0.15, -0.1) is 21.5 Å². The molecule has 8 rings (SSSR count). The summed E-state index contributed by atoms with van der Waals surface area (Å²) in [6, 6.07) is 10.5. The number of ether oxygens (including phenoxy) is 1. The Labute approximate surface area is 335 Å². The van der Waals surface area contributed by atoms with Gasteiger partial charge in [-0.05, 0) is 63.4 Å². The number of carbonyl (C=O) groups excluding carboxylic acids is 6. The first-order chi connectivity index (χ1) is 27.4. The summed E-state index contributed by atoms with van der Waals surface area (Å²) in [6.07, 6.45) is 0.661. The third kappa shape index (κ3) is 7.10. The summed E-state index contributed by atoms with van der Waals surface area (Å²) in [6.45, 7) is 7.16. The third-order valence-corrected chi connectivity index (χ3v) is 12.1. The fourth-order valence-corrected chi connectivity index (χ4v) is 8.97. The Morgan fingerprint density at radius 2 is 1.72 bits per heavy atom. The van der Waals surface area contributed by atoms with Crippen molar-refractivity contribution in [3.8, 4) is 10.8 Å². The van der Waals surface area contributed by atoms with Crippen LogP contribution >= 0.6 is 22.9 Å². The van der Waals surface area contributed by atoms with Crippen LogP contribution in [0.5, 0.6) is 5.75 Å². The number of aryl methyl sites for hydroxylation is 2. The van der Waals surface area contributed by atoms with Gasteiger partial charge in [-0.2, -0.15) is 0 Å². The minimum Gasteiger partial charge on any atom is -0.483 e. The first-order valence-electron chi connectivity index (χ1n) is 18.6. The smallest absolute Gasteiger partial charge is 0.272 e. The van der Waals surface area contributed by atoms with E-state index in [-0.39, 0.29) is 42.0 Å². The van der Waals surface area contributed by atoms with E-state index in [1.807, 2.05) is 31.2 Å². The number of piperidine rings is 1. The molecule has 16 nitrogen and oxygen atoms in total. The average molecular weight is 812 g/mol. The van der Waals surface area contributed by atoms with Crippen molar-refractivity contribution in [2.45, 2.75) is 58.5 Å². The number of fused-ring (bicyclic) bond motifs is 4. The molecule has 57 heavy (non-hydrogen) atoms. The molecule has 4 aliphatic heterocycles. The van der Waals surface area contributed by atoms with E-state index in [2.05, 4.69) is 39.4 Å². The first kappa shape index (κ1) is 38.1. The van der Waals surface area contributed by atoms with Gasteiger partial charge in [0.25, 0.3) is 17.7 Å². The number of imide groups is 2. The van der Waals surface area contributed by atoms with Crippen molar-refractivity contribution in [3.63, 3.8) is 0 Å². The molecule has 18 heteroatoms. The SMILES string of the molecule is Cc1sc2c(c1C)C(c1ccc(Cl)cc1)=N[C@@H](CCC(=O)N1CCN(NC(=O)COc3cccc4c3C(=O)N(C3CCC(=O)NC3=O)C4=O)CC1)c1nnc(C)n1-2. The summed E-state index contributed by atoms with van der Waals surface area (Å²) in [7, 11) is 0. The van der Waals surface area contributed by atoms with Gasteiger partial charge in [-0.25, -0.2) is 5.01 Å². The number of hydrazine groups is 1. The van der Waals surface area contributed by atoms with Crippen LogP contribution in [0.15, 0.2) is 47.5 Å². The van der Waals surface area contributed by atoms with Crippen LogP contribution < -0.4 is 15.5 Å². The number of nitrogens with zero attached hydrogens (tertiary/aromatic N) is 7. The van der Waals surface area contributed by atoms with E-state index in [4.69, 9.17) is 21.3 Å². The number of piperazine rings is 1. The van der Waals surface area contributed by atoms with Crippen LogP contribution in [0.1, 0.15) is 85.7 Å². The van der Waals surface area contributed by atoms with E-state index in [9.17, 15) is 28.8 Å². The largest absolute Gasteiger partial charge is 0.483 e. The highest BCUT2D eigenvalue weighted by Crippen LogP contribution is 2.40. The molecule has 0 spiro atoms. The Morgan fingerprint density at radius 3 is 2.46 bits per heavy atom. The van der Waals surface area contributed by atoms with Crippen molar-refractivity contribution in [2.75, 3.05) is 32.8 Å². The van der Waals surface area contributed by atoms with Crippen LogP contribution in [0, 0.1) is 20.8 Å². The van der Waals surface area contributed by atoms with E-state index < -0.39 is 48.2 Å². The van der Waals surface area contributed by atoms with Gasteiger partial charge < -0.3 is 9.64 Å². The number of hydrogen-bond donors (Lipinski definition) is 2. The molecule has 4 aromatic rings. The number of hydrogen-bond acceptors (Lipinski definition) is 12. The summed E-state index contributed by atoms with van der Waals surface area (Å²) in [5, 5.41) is 14.4. The highest BCUT2D eigenvalue weighted by Gasteiger charge is 2.46. The van der Waals surface area contributed by atoms with Crippen LogP contribution in [0.3, 0.4) is 0 Å². The predicted molar refractivity (Wildman–Crippen MR) is 207 cm³/mol. The van der Waals surface area contributed by atoms with E-state index in [1.54, 1.807) is 21.2 Å². The summed E-state index contributed by atoms with van der Waals surface area (Å²) in [5.41, 5.74) is 6.70. The van der Waals surface area contributed by atoms with Crippen molar-refractivity contribution in [3.05, 3.63) is 91.8 Å². The van der Waals surface area contributed by atoms with Crippen LogP contribution in [0.25, 0.3) is 5.00 Å². The molecule has 0 radical (unpaired) electrons. The number of aliphatic imine (C=N–C) groups is 1. The van der Waals surface area contributed by atoms with Crippen LogP contribution in [-0.4, -0.2) is 110 Å². The zero-order valence-corrected chi connectivity index (χ0v) is 32.9. The monoisotopic (exact) mass is 811 g/mol. The second-order valence-electron chi connectivity index (χ2n) is 14.3. The maximum absolute atomic E-state index is 13.6. The summed E-state index contributed by atoms with van der Waals surface area (Å²) in [4.78, 5) is 86.1. The average Bonchev–Trinajstić information content (AvgIpc) is 3.77. The molecule has 1 unspecified atom stereocenters. The Bertz CT molecular complexity index is 2380. The lowest BCUT2D eigenvalue weighted by Gasteiger charge is -2.34. The lowest BCUT2D eigenvalue weighted by molar-refractivity contribution is -0.137. The summed E-state index contributed by atoms with van der Waals surface area (Å²) >= 11 is 7.91. The maximum atomic E-state index is 13.6. The predicted octanol–water partition coefficient (Wildman–Crippen LogP) is 3.24. The molecule has 0 bridgehead atoms. The fraction of sp³-hybridized carbons (Fsp3) is 0.359. The highest BCUT2D eigenvalue weighted by atomic mass is 35.5. The van der Waals surface area contributed by atoms with Gasteiger partial charge >= 0.3 is 0 Å². The zero-order valence-electron chi connectivity index (χ0n) is 31.3. The maximum Gasteiger partial charge on any atom is 0.272 e. The quantitative estimate of drug-likeness (QED) is 0.238. The molecular weight excluding hydrogens is 774 g/mol. The van der Waals surface area contributed by atoms with Gasteiger partial charge in [0.1, 0.15) is 28.7 Å². The normalized spacial score (nSPS) is 19.4. The summed E-state index contributed by atoms with van der Waals surface area (Å²) < 4.78 is 7.78. The van der Waals surface area contributed by atoms with Crippen molar-refractivity contribution in [1.82, 2.24) is 40.3 Å². The minimum atomic E-state index is -1.12. The molecule has 0 saturated carbocycles. The van der Waals surface area contributed by atoms with E-state index in [1.165, 1.54) is 23.1 Å². The number of rotatable bonds is 9. The Balaban J connectivity index is 0.874. The molecule has 6 heterocycles.